The van der Waals surface area contributed by atoms with E-state index < -0.39 is 22.5 Å². The molecule has 0 aliphatic carbocycles. The molecule has 0 aliphatic rings. The topological polar surface area (TPSA) is 120 Å². The molecule has 3 aromatic rings. The van der Waals surface area contributed by atoms with Gasteiger partial charge < -0.3 is 18.6 Å². The highest BCUT2D eigenvalue weighted by molar-refractivity contribution is 9.10. The summed E-state index contributed by atoms with van der Waals surface area (Å²) in [6.45, 7) is 3.53. The summed E-state index contributed by atoms with van der Waals surface area (Å²) in [5, 5.41) is 3.87. The zero-order valence-corrected chi connectivity index (χ0v) is 22.6. The van der Waals surface area contributed by atoms with Crippen LogP contribution in [0.4, 0.5) is 5.69 Å². The maximum atomic E-state index is 13.6. The van der Waals surface area contributed by atoms with E-state index in [1.807, 2.05) is 6.92 Å². The molecule has 0 unspecified atom stereocenters. The molecule has 0 bridgehead atoms. The van der Waals surface area contributed by atoms with Crippen LogP contribution in [-0.4, -0.2) is 47.9 Å². The highest BCUT2D eigenvalue weighted by Crippen LogP contribution is 2.32. The number of sulfonamides is 1. The number of methoxy groups -OCH3 is 2. The average molecular weight is 580 g/mol. The van der Waals surface area contributed by atoms with E-state index in [0.29, 0.717) is 29.6 Å². The smallest absolute Gasteiger partial charge is 0.264 e. The van der Waals surface area contributed by atoms with Gasteiger partial charge in [0.1, 0.15) is 23.8 Å². The first-order valence-electron chi connectivity index (χ1n) is 10.7. The first-order valence-corrected chi connectivity index (χ1v) is 13.0. The fourth-order valence-corrected chi connectivity index (χ4v) is 4.92. The average Bonchev–Trinajstić information content (AvgIpc) is 3.19. The number of carbonyl (C=O) groups excluding carboxylic acids is 1. The number of amides is 1. The summed E-state index contributed by atoms with van der Waals surface area (Å²) in [7, 11) is -1.34. The number of hydrogen-bond acceptors (Lipinski definition) is 8. The normalized spacial score (nSPS) is 11.4. The second kappa shape index (κ2) is 12.0. The minimum Gasteiger partial charge on any atom is -0.494 e. The Morgan fingerprint density at radius 3 is 2.39 bits per heavy atom. The Morgan fingerprint density at radius 2 is 1.81 bits per heavy atom. The lowest BCUT2D eigenvalue weighted by atomic mass is 10.3. The molecule has 0 saturated heterocycles. The molecule has 1 N–H and O–H groups in total. The van der Waals surface area contributed by atoms with Gasteiger partial charge in [-0.25, -0.2) is 13.8 Å². The van der Waals surface area contributed by atoms with Gasteiger partial charge in [0.15, 0.2) is 11.5 Å². The molecule has 1 amide bonds. The Bertz CT molecular complexity index is 1320. The van der Waals surface area contributed by atoms with Crippen LogP contribution >= 0.6 is 15.9 Å². The lowest BCUT2D eigenvalue weighted by Crippen LogP contribution is -2.39. The summed E-state index contributed by atoms with van der Waals surface area (Å²) < 4.78 is 50.4. The second-order valence-corrected chi connectivity index (χ2v) is 10.0. The molecule has 192 valence electrons. The van der Waals surface area contributed by atoms with E-state index in [9.17, 15) is 13.2 Å². The van der Waals surface area contributed by atoms with Crippen molar-refractivity contribution in [2.24, 2.45) is 5.10 Å². The van der Waals surface area contributed by atoms with Crippen LogP contribution in [0.1, 0.15) is 18.4 Å². The first kappa shape index (κ1) is 27.1. The number of hydrogen-bond donors (Lipinski definition) is 1. The van der Waals surface area contributed by atoms with Crippen molar-refractivity contribution in [2.45, 2.75) is 18.7 Å². The van der Waals surface area contributed by atoms with Crippen LogP contribution in [0.2, 0.25) is 0 Å². The van der Waals surface area contributed by atoms with Gasteiger partial charge in [0, 0.05) is 12.1 Å². The largest absolute Gasteiger partial charge is 0.494 e. The van der Waals surface area contributed by atoms with Crippen LogP contribution in [-0.2, 0) is 14.8 Å². The van der Waals surface area contributed by atoms with Gasteiger partial charge in [-0.2, -0.15) is 5.10 Å². The number of nitrogens with zero attached hydrogens (tertiary/aromatic N) is 2. The maximum absolute atomic E-state index is 13.6. The number of nitrogens with one attached hydrogen (secondary N) is 1. The van der Waals surface area contributed by atoms with Gasteiger partial charge in [0.2, 0.25) is 0 Å². The quantitative estimate of drug-likeness (QED) is 0.268. The van der Waals surface area contributed by atoms with Crippen molar-refractivity contribution in [1.82, 2.24) is 5.43 Å². The minimum atomic E-state index is -4.19. The van der Waals surface area contributed by atoms with Gasteiger partial charge in [0.05, 0.1) is 42.1 Å². The number of anilines is 1. The van der Waals surface area contributed by atoms with Crippen LogP contribution in [0, 0.1) is 6.92 Å². The molecule has 2 aromatic carbocycles. The number of halogens is 1. The van der Waals surface area contributed by atoms with E-state index >= 15 is 0 Å². The molecular weight excluding hydrogens is 554 g/mol. The number of aryl methyl sites for hydroxylation is 1. The van der Waals surface area contributed by atoms with E-state index in [4.69, 9.17) is 18.6 Å². The minimum absolute atomic E-state index is 0.0822. The van der Waals surface area contributed by atoms with Crippen LogP contribution in [0.3, 0.4) is 0 Å². The standard InChI is InChI=1S/C24H26BrN3O7S/c1-5-34-18-8-6-17(7-9-18)28(15-24(29)27-26-14-19-12-21(25)16(2)35-19)36(30,31)20-10-11-22(32-3)23(13-20)33-4/h6-14H,5,15H2,1-4H3,(H,27,29)/b26-14-. The molecule has 36 heavy (non-hydrogen) atoms. The number of benzene rings is 2. The molecule has 0 radical (unpaired) electrons. The third kappa shape index (κ3) is 6.38. The second-order valence-electron chi connectivity index (χ2n) is 7.30. The van der Waals surface area contributed by atoms with Crippen LogP contribution in [0.15, 0.2) is 67.4 Å². The van der Waals surface area contributed by atoms with E-state index in [1.54, 1.807) is 37.3 Å². The van der Waals surface area contributed by atoms with Crippen LogP contribution in [0.5, 0.6) is 17.2 Å². The van der Waals surface area contributed by atoms with Gasteiger partial charge in [-0.15, -0.1) is 0 Å². The van der Waals surface area contributed by atoms with E-state index in [1.165, 1.54) is 38.6 Å². The third-order valence-corrected chi connectivity index (χ3v) is 7.48. The SMILES string of the molecule is CCOc1ccc(N(CC(=O)N/N=C\c2cc(Br)c(C)o2)S(=O)(=O)c2ccc(OC)c(OC)c2)cc1. The Hall–Kier alpha value is -3.51. The van der Waals surface area contributed by atoms with Crippen molar-refractivity contribution in [1.29, 1.82) is 0 Å². The Morgan fingerprint density at radius 1 is 1.11 bits per heavy atom. The van der Waals surface area contributed by atoms with E-state index in [0.717, 1.165) is 8.78 Å². The lowest BCUT2D eigenvalue weighted by Gasteiger charge is -2.24. The van der Waals surface area contributed by atoms with Crippen molar-refractivity contribution < 1.29 is 31.8 Å². The van der Waals surface area contributed by atoms with Crippen molar-refractivity contribution in [3.05, 3.63) is 64.5 Å². The van der Waals surface area contributed by atoms with Crippen molar-refractivity contribution in [3.63, 3.8) is 0 Å². The monoisotopic (exact) mass is 579 g/mol. The molecular formula is C24H26BrN3O7S. The van der Waals surface area contributed by atoms with E-state index in [2.05, 4.69) is 26.5 Å². The molecule has 3 rings (SSSR count). The van der Waals surface area contributed by atoms with Gasteiger partial charge >= 0.3 is 0 Å². The number of ether oxygens (including phenoxy) is 3. The molecule has 0 spiro atoms. The number of hydrazone groups is 1. The highest BCUT2D eigenvalue weighted by atomic mass is 79.9. The predicted molar refractivity (Wildman–Crippen MR) is 139 cm³/mol. The maximum Gasteiger partial charge on any atom is 0.264 e. The molecule has 0 saturated carbocycles. The fraction of sp³-hybridized carbons (Fsp3) is 0.250. The van der Waals surface area contributed by atoms with Crippen LogP contribution in [0.25, 0.3) is 0 Å². The Balaban J connectivity index is 1.90. The molecule has 12 heteroatoms. The Labute approximate surface area is 218 Å². The van der Waals surface area contributed by atoms with Crippen molar-refractivity contribution in [3.8, 4) is 17.2 Å². The summed E-state index contributed by atoms with van der Waals surface area (Å²) in [6.07, 6.45) is 1.32. The summed E-state index contributed by atoms with van der Waals surface area (Å²) in [6, 6.07) is 12.3. The molecule has 10 nitrogen and oxygen atoms in total. The number of carbonyl (C=O) groups is 1. The van der Waals surface area contributed by atoms with Gasteiger partial charge in [0.25, 0.3) is 15.9 Å². The summed E-state index contributed by atoms with van der Waals surface area (Å²) >= 11 is 3.33. The summed E-state index contributed by atoms with van der Waals surface area (Å²) in [5.74, 6) is 1.59. The van der Waals surface area contributed by atoms with Crippen molar-refractivity contribution >= 4 is 43.8 Å². The Kier molecular flexibility index (Phi) is 8.99. The predicted octanol–water partition coefficient (Wildman–Crippen LogP) is 4.11. The highest BCUT2D eigenvalue weighted by Gasteiger charge is 2.28. The molecule has 0 fully saturated rings. The first-order chi connectivity index (χ1) is 17.2. The number of furan rings is 1. The zero-order chi connectivity index (χ0) is 26.3. The summed E-state index contributed by atoms with van der Waals surface area (Å²) in [4.78, 5) is 12.6. The fourth-order valence-electron chi connectivity index (χ4n) is 3.17. The molecule has 1 heterocycles. The molecule has 1 aromatic heterocycles. The van der Waals surface area contributed by atoms with Gasteiger partial charge in [-0.1, -0.05) is 0 Å². The number of rotatable bonds is 11. The lowest BCUT2D eigenvalue weighted by molar-refractivity contribution is -0.119. The zero-order valence-electron chi connectivity index (χ0n) is 20.1. The third-order valence-electron chi connectivity index (χ3n) is 4.92. The van der Waals surface area contributed by atoms with E-state index in [-0.39, 0.29) is 16.3 Å². The van der Waals surface area contributed by atoms with Crippen LogP contribution < -0.4 is 23.9 Å². The van der Waals surface area contributed by atoms with Gasteiger partial charge in [-0.3, -0.25) is 9.10 Å². The molecule has 0 aliphatic heterocycles. The van der Waals surface area contributed by atoms with Gasteiger partial charge in [-0.05, 0) is 66.2 Å². The summed E-state index contributed by atoms with van der Waals surface area (Å²) in [5.41, 5.74) is 2.60. The molecule has 0 atom stereocenters. The van der Waals surface area contributed by atoms with Crippen molar-refractivity contribution in [2.75, 3.05) is 31.7 Å².